The minimum atomic E-state index is -0.629. The second kappa shape index (κ2) is 6.55. The number of halogens is 1. The molecule has 4 heteroatoms. The monoisotopic (exact) mass is 280 g/mol. The summed E-state index contributed by atoms with van der Waals surface area (Å²) in [6, 6.07) is 5.44. The molecule has 1 aromatic rings. The zero-order valence-corrected chi connectivity index (χ0v) is 12.6. The lowest BCUT2D eigenvalue weighted by molar-refractivity contribution is 0.199. The number of hydrogen-bond acceptors (Lipinski definition) is 3. The Hall–Kier alpha value is -1.13. The first-order chi connectivity index (χ1) is 9.52. The molecule has 0 spiro atoms. The zero-order chi connectivity index (χ0) is 14.7. The van der Waals surface area contributed by atoms with Crippen molar-refractivity contribution in [3.8, 4) is 0 Å². The highest BCUT2D eigenvalue weighted by Crippen LogP contribution is 2.27. The summed E-state index contributed by atoms with van der Waals surface area (Å²) in [5.41, 5.74) is 1.29. The summed E-state index contributed by atoms with van der Waals surface area (Å²) in [5.74, 6) is -0.230. The van der Waals surface area contributed by atoms with Crippen molar-refractivity contribution in [2.75, 3.05) is 31.6 Å². The van der Waals surface area contributed by atoms with Gasteiger partial charge in [-0.25, -0.2) is 4.39 Å². The highest BCUT2D eigenvalue weighted by atomic mass is 19.1. The number of hydrogen-bond donors (Lipinski definition) is 1. The van der Waals surface area contributed by atoms with E-state index < -0.39 is 6.10 Å². The van der Waals surface area contributed by atoms with E-state index >= 15 is 0 Å². The van der Waals surface area contributed by atoms with Gasteiger partial charge in [-0.2, -0.15) is 0 Å². The predicted octanol–water partition coefficient (Wildman–Crippen LogP) is 2.80. The summed E-state index contributed by atoms with van der Waals surface area (Å²) >= 11 is 0. The molecule has 0 saturated carbocycles. The van der Waals surface area contributed by atoms with Crippen molar-refractivity contribution in [2.45, 2.75) is 38.8 Å². The maximum Gasteiger partial charge on any atom is 0.146 e. The van der Waals surface area contributed by atoms with E-state index in [0.717, 1.165) is 32.5 Å². The Kier molecular flexibility index (Phi) is 5.00. The average Bonchev–Trinajstić information content (AvgIpc) is 2.60. The van der Waals surface area contributed by atoms with Crippen LogP contribution in [0.3, 0.4) is 0 Å². The van der Waals surface area contributed by atoms with Crippen LogP contribution in [0.15, 0.2) is 18.2 Å². The number of benzene rings is 1. The van der Waals surface area contributed by atoms with Gasteiger partial charge < -0.3 is 14.9 Å². The fourth-order valence-electron chi connectivity index (χ4n) is 2.93. The van der Waals surface area contributed by atoms with Crippen molar-refractivity contribution in [1.82, 2.24) is 4.90 Å². The smallest absolute Gasteiger partial charge is 0.146 e. The molecule has 1 unspecified atom stereocenters. The average molecular weight is 280 g/mol. The Bertz CT molecular complexity index is 450. The number of nitrogens with zero attached hydrogens (tertiary/aromatic N) is 2. The van der Waals surface area contributed by atoms with Gasteiger partial charge in [0.1, 0.15) is 5.82 Å². The maximum absolute atomic E-state index is 14.4. The maximum atomic E-state index is 14.4. The van der Waals surface area contributed by atoms with E-state index in [4.69, 9.17) is 0 Å². The molecule has 1 heterocycles. The van der Waals surface area contributed by atoms with Gasteiger partial charge in [0.05, 0.1) is 11.8 Å². The molecule has 1 fully saturated rings. The molecule has 1 N–H and O–H groups in total. The van der Waals surface area contributed by atoms with Gasteiger partial charge in [-0.1, -0.05) is 13.0 Å². The molecule has 1 saturated heterocycles. The quantitative estimate of drug-likeness (QED) is 0.922. The Morgan fingerprint density at radius 2 is 2.15 bits per heavy atom. The molecule has 1 aliphatic heterocycles. The fraction of sp³-hybridized carbons (Fsp3) is 0.625. The van der Waals surface area contributed by atoms with Crippen LogP contribution in [-0.2, 0) is 0 Å². The first-order valence-corrected chi connectivity index (χ1v) is 7.45. The molecule has 1 aromatic carbocycles. The first-order valence-electron chi connectivity index (χ1n) is 7.45. The van der Waals surface area contributed by atoms with Gasteiger partial charge in [0, 0.05) is 19.1 Å². The lowest BCUT2D eigenvalue weighted by Crippen LogP contribution is -2.40. The van der Waals surface area contributed by atoms with E-state index in [2.05, 4.69) is 23.8 Å². The molecule has 0 aliphatic carbocycles. The summed E-state index contributed by atoms with van der Waals surface area (Å²) in [4.78, 5) is 4.50. The topological polar surface area (TPSA) is 26.7 Å². The van der Waals surface area contributed by atoms with Crippen LogP contribution in [0.25, 0.3) is 0 Å². The summed E-state index contributed by atoms with van der Waals surface area (Å²) in [6.45, 7) is 6.71. The Labute approximate surface area is 121 Å². The Balaban J connectivity index is 2.28. The SMILES string of the molecule is CCC1CN(C)CCCN1c1ccc([C@@H](C)O)cc1F. The van der Waals surface area contributed by atoms with Crippen molar-refractivity contribution in [3.05, 3.63) is 29.6 Å². The van der Waals surface area contributed by atoms with Crippen LogP contribution in [0, 0.1) is 5.82 Å². The van der Waals surface area contributed by atoms with Gasteiger partial charge in [-0.05, 0) is 51.1 Å². The van der Waals surface area contributed by atoms with Crippen LogP contribution in [0.5, 0.6) is 0 Å². The number of aliphatic hydroxyl groups excluding tert-OH is 1. The highest BCUT2D eigenvalue weighted by Gasteiger charge is 2.24. The summed E-state index contributed by atoms with van der Waals surface area (Å²) < 4.78 is 14.4. The van der Waals surface area contributed by atoms with Crippen LogP contribution in [-0.4, -0.2) is 42.7 Å². The van der Waals surface area contributed by atoms with Crippen molar-refractivity contribution in [1.29, 1.82) is 0 Å². The number of likely N-dealkylation sites (N-methyl/N-ethyl adjacent to an activating group) is 1. The van der Waals surface area contributed by atoms with Crippen molar-refractivity contribution < 1.29 is 9.50 Å². The zero-order valence-electron chi connectivity index (χ0n) is 12.6. The predicted molar refractivity (Wildman–Crippen MR) is 80.6 cm³/mol. The minimum Gasteiger partial charge on any atom is -0.389 e. The van der Waals surface area contributed by atoms with Crippen LogP contribution in [0.4, 0.5) is 10.1 Å². The van der Waals surface area contributed by atoms with E-state index in [0.29, 0.717) is 17.3 Å². The van der Waals surface area contributed by atoms with Crippen LogP contribution in [0.2, 0.25) is 0 Å². The minimum absolute atomic E-state index is 0.230. The molecule has 0 radical (unpaired) electrons. The number of anilines is 1. The summed E-state index contributed by atoms with van der Waals surface area (Å²) in [7, 11) is 2.12. The van der Waals surface area contributed by atoms with E-state index in [1.165, 1.54) is 6.07 Å². The van der Waals surface area contributed by atoms with Crippen LogP contribution in [0.1, 0.15) is 38.4 Å². The molecule has 0 bridgehead atoms. The lowest BCUT2D eigenvalue weighted by atomic mass is 10.1. The van der Waals surface area contributed by atoms with E-state index in [9.17, 15) is 9.50 Å². The number of aliphatic hydroxyl groups is 1. The van der Waals surface area contributed by atoms with E-state index in [-0.39, 0.29) is 5.82 Å². The largest absolute Gasteiger partial charge is 0.389 e. The van der Waals surface area contributed by atoms with Crippen molar-refractivity contribution >= 4 is 5.69 Å². The van der Waals surface area contributed by atoms with Crippen molar-refractivity contribution in [2.24, 2.45) is 0 Å². The fourth-order valence-corrected chi connectivity index (χ4v) is 2.93. The molecule has 1 aliphatic rings. The second-order valence-corrected chi connectivity index (χ2v) is 5.76. The first kappa shape index (κ1) is 15.3. The van der Waals surface area contributed by atoms with Gasteiger partial charge in [-0.3, -0.25) is 0 Å². The van der Waals surface area contributed by atoms with Gasteiger partial charge >= 0.3 is 0 Å². The third-order valence-corrected chi connectivity index (χ3v) is 4.14. The summed E-state index contributed by atoms with van der Waals surface area (Å²) in [5, 5.41) is 9.54. The third kappa shape index (κ3) is 3.30. The van der Waals surface area contributed by atoms with Gasteiger partial charge in [0.25, 0.3) is 0 Å². The molecule has 0 aromatic heterocycles. The van der Waals surface area contributed by atoms with Gasteiger partial charge in [0.15, 0.2) is 0 Å². The lowest BCUT2D eigenvalue weighted by Gasteiger charge is -2.32. The normalized spacial score (nSPS) is 22.6. The van der Waals surface area contributed by atoms with Crippen LogP contribution < -0.4 is 4.90 Å². The van der Waals surface area contributed by atoms with Gasteiger partial charge in [-0.15, -0.1) is 0 Å². The Morgan fingerprint density at radius 1 is 1.40 bits per heavy atom. The highest BCUT2D eigenvalue weighted by molar-refractivity contribution is 5.50. The standard InChI is InChI=1S/C16H25FN2O/c1-4-14-11-18(3)8-5-9-19(14)16-7-6-13(12(2)20)10-15(16)17/h6-7,10,12,14,20H,4-5,8-9,11H2,1-3H3/t12-,14?/m1/s1. The molecule has 2 rings (SSSR count). The third-order valence-electron chi connectivity index (χ3n) is 4.14. The molecule has 3 nitrogen and oxygen atoms in total. The molecule has 2 atom stereocenters. The molecule has 20 heavy (non-hydrogen) atoms. The number of rotatable bonds is 3. The Morgan fingerprint density at radius 3 is 2.75 bits per heavy atom. The molecular formula is C16H25FN2O. The molecular weight excluding hydrogens is 255 g/mol. The van der Waals surface area contributed by atoms with Crippen molar-refractivity contribution in [3.63, 3.8) is 0 Å². The molecule has 112 valence electrons. The van der Waals surface area contributed by atoms with E-state index in [1.807, 2.05) is 12.1 Å². The van der Waals surface area contributed by atoms with E-state index in [1.54, 1.807) is 6.92 Å². The van der Waals surface area contributed by atoms with Crippen LogP contribution >= 0.6 is 0 Å². The second-order valence-electron chi connectivity index (χ2n) is 5.76. The molecule has 0 amide bonds. The summed E-state index contributed by atoms with van der Waals surface area (Å²) in [6.07, 6.45) is 1.42. The van der Waals surface area contributed by atoms with Gasteiger partial charge in [0.2, 0.25) is 0 Å².